The largest absolute Gasteiger partial charge is 0.352 e. The average molecular weight is 660 g/mol. The lowest BCUT2D eigenvalue weighted by Gasteiger charge is -2.34. The van der Waals surface area contributed by atoms with Gasteiger partial charge in [0.25, 0.3) is 10.0 Å². The van der Waals surface area contributed by atoms with Crippen molar-refractivity contribution in [3.05, 3.63) is 130 Å². The Labute approximate surface area is 278 Å². The fourth-order valence-corrected chi connectivity index (χ4v) is 6.74. The number of halogens is 1. The molecule has 4 rings (SSSR count). The summed E-state index contributed by atoms with van der Waals surface area (Å²) in [5.74, 6) is -0.813. The van der Waals surface area contributed by atoms with Crippen molar-refractivity contribution in [2.24, 2.45) is 0 Å². The van der Waals surface area contributed by atoms with Gasteiger partial charge >= 0.3 is 0 Å². The third kappa shape index (κ3) is 8.56. The average Bonchev–Trinajstić information content (AvgIpc) is 3.04. The molecule has 0 heterocycles. The van der Waals surface area contributed by atoms with Crippen molar-refractivity contribution >= 4 is 39.1 Å². The maximum Gasteiger partial charge on any atom is 0.264 e. The van der Waals surface area contributed by atoms with Crippen molar-refractivity contribution in [3.63, 3.8) is 0 Å². The molecule has 2 amide bonds. The minimum absolute atomic E-state index is 0.0754. The van der Waals surface area contributed by atoms with Crippen LogP contribution in [0.3, 0.4) is 0 Å². The summed E-state index contributed by atoms with van der Waals surface area (Å²) in [5.41, 5.74) is 4.58. The first kappa shape index (κ1) is 34.7. The predicted octanol–water partition coefficient (Wildman–Crippen LogP) is 7.02. The first-order valence-electron chi connectivity index (χ1n) is 15.4. The summed E-state index contributed by atoms with van der Waals surface area (Å²) in [7, 11) is -4.18. The molecule has 9 heteroatoms. The molecule has 0 spiro atoms. The Morgan fingerprint density at radius 3 is 2.11 bits per heavy atom. The second-order valence-electron chi connectivity index (χ2n) is 11.7. The van der Waals surface area contributed by atoms with Gasteiger partial charge in [-0.2, -0.15) is 0 Å². The third-order valence-electron chi connectivity index (χ3n) is 8.27. The van der Waals surface area contributed by atoms with Crippen molar-refractivity contribution in [1.29, 1.82) is 0 Å². The van der Waals surface area contributed by atoms with E-state index in [1.165, 1.54) is 9.21 Å². The minimum atomic E-state index is -4.18. The molecule has 242 valence electrons. The first-order chi connectivity index (χ1) is 21.9. The maximum atomic E-state index is 14.6. The third-order valence-corrected chi connectivity index (χ3v) is 10.3. The lowest BCUT2D eigenvalue weighted by molar-refractivity contribution is -0.140. The van der Waals surface area contributed by atoms with Gasteiger partial charge in [-0.05, 0) is 86.7 Å². The molecule has 0 aliphatic rings. The number of aryl methyl sites for hydroxylation is 2. The molecule has 1 N–H and O–H groups in total. The van der Waals surface area contributed by atoms with Crippen LogP contribution >= 0.6 is 11.6 Å². The highest BCUT2D eigenvalue weighted by atomic mass is 35.5. The molecule has 46 heavy (non-hydrogen) atoms. The normalized spacial score (nSPS) is 12.7. The quantitative estimate of drug-likeness (QED) is 0.167. The van der Waals surface area contributed by atoms with Crippen LogP contribution in [0.2, 0.25) is 5.02 Å². The molecule has 0 unspecified atom stereocenters. The number of benzene rings is 4. The number of sulfonamides is 1. The van der Waals surface area contributed by atoms with Crippen LogP contribution < -0.4 is 9.62 Å². The number of carbonyl (C=O) groups excluding carboxylic acids is 2. The van der Waals surface area contributed by atoms with Crippen LogP contribution in [-0.4, -0.2) is 43.8 Å². The molecule has 0 aliphatic heterocycles. The lowest BCUT2D eigenvalue weighted by Crippen LogP contribution is -2.54. The monoisotopic (exact) mass is 659 g/mol. The van der Waals surface area contributed by atoms with Crippen molar-refractivity contribution in [1.82, 2.24) is 10.2 Å². The number of anilines is 1. The van der Waals surface area contributed by atoms with Crippen LogP contribution in [0, 0.1) is 20.8 Å². The van der Waals surface area contributed by atoms with Crippen LogP contribution in [0.5, 0.6) is 0 Å². The SMILES string of the molecule is CC[C@@H](C)NC(=O)[C@H](Cc1ccccc1)N(Cc1ccc(Cl)cc1)C(=O)CN(c1cccc(C)c1C)S(=O)(=O)c1ccc(C)cc1. The molecular weight excluding hydrogens is 618 g/mol. The summed E-state index contributed by atoms with van der Waals surface area (Å²) < 4.78 is 29.8. The highest BCUT2D eigenvalue weighted by Gasteiger charge is 2.35. The predicted molar refractivity (Wildman–Crippen MR) is 185 cm³/mol. The van der Waals surface area contributed by atoms with Gasteiger partial charge in [-0.25, -0.2) is 8.42 Å². The Kier molecular flexibility index (Phi) is 11.7. The van der Waals surface area contributed by atoms with Gasteiger partial charge < -0.3 is 10.2 Å². The molecule has 0 radical (unpaired) electrons. The number of hydrogen-bond acceptors (Lipinski definition) is 4. The van der Waals surface area contributed by atoms with E-state index in [1.807, 2.05) is 71.0 Å². The second kappa shape index (κ2) is 15.4. The van der Waals surface area contributed by atoms with Crippen LogP contribution in [0.4, 0.5) is 5.69 Å². The lowest BCUT2D eigenvalue weighted by atomic mass is 10.0. The molecule has 0 aromatic heterocycles. The van der Waals surface area contributed by atoms with Gasteiger partial charge in [0.05, 0.1) is 10.6 Å². The first-order valence-corrected chi connectivity index (χ1v) is 17.3. The smallest absolute Gasteiger partial charge is 0.264 e. The number of hydrogen-bond donors (Lipinski definition) is 1. The van der Waals surface area contributed by atoms with Crippen molar-refractivity contribution in [2.75, 3.05) is 10.8 Å². The Bertz CT molecular complexity index is 1740. The summed E-state index contributed by atoms with van der Waals surface area (Å²) in [6.45, 7) is 9.09. The van der Waals surface area contributed by atoms with E-state index in [4.69, 9.17) is 11.6 Å². The Morgan fingerprint density at radius 2 is 1.48 bits per heavy atom. The van der Waals surface area contributed by atoms with E-state index in [0.717, 1.165) is 27.8 Å². The van der Waals surface area contributed by atoms with E-state index >= 15 is 0 Å². The van der Waals surface area contributed by atoms with E-state index in [2.05, 4.69) is 5.32 Å². The van der Waals surface area contributed by atoms with Gasteiger partial charge in [-0.3, -0.25) is 13.9 Å². The summed E-state index contributed by atoms with van der Waals surface area (Å²) in [5, 5.41) is 3.60. The van der Waals surface area contributed by atoms with Crippen molar-refractivity contribution in [2.45, 2.75) is 71.0 Å². The molecule has 4 aromatic carbocycles. The van der Waals surface area contributed by atoms with Gasteiger partial charge in [-0.1, -0.05) is 90.8 Å². The minimum Gasteiger partial charge on any atom is -0.352 e. The summed E-state index contributed by atoms with van der Waals surface area (Å²) in [6, 6.07) is 27.5. The van der Waals surface area contributed by atoms with E-state index < -0.39 is 28.5 Å². The van der Waals surface area contributed by atoms with Crippen LogP contribution in [0.15, 0.2) is 102 Å². The molecular formula is C37H42ClN3O4S. The molecule has 0 saturated carbocycles. The molecule has 7 nitrogen and oxygen atoms in total. The molecule has 0 saturated heterocycles. The van der Waals surface area contributed by atoms with Gasteiger partial charge in [-0.15, -0.1) is 0 Å². The summed E-state index contributed by atoms with van der Waals surface area (Å²) in [6.07, 6.45) is 0.959. The zero-order valence-corrected chi connectivity index (χ0v) is 28.6. The number of carbonyl (C=O) groups is 2. The van der Waals surface area contributed by atoms with Crippen LogP contribution in [0.25, 0.3) is 0 Å². The zero-order valence-electron chi connectivity index (χ0n) is 27.0. The Balaban J connectivity index is 1.83. The second-order valence-corrected chi connectivity index (χ2v) is 14.0. The van der Waals surface area contributed by atoms with Crippen LogP contribution in [-0.2, 0) is 32.6 Å². The highest BCUT2D eigenvalue weighted by Crippen LogP contribution is 2.29. The van der Waals surface area contributed by atoms with E-state index in [9.17, 15) is 18.0 Å². The zero-order chi connectivity index (χ0) is 33.4. The van der Waals surface area contributed by atoms with E-state index in [1.54, 1.807) is 60.7 Å². The fraction of sp³-hybridized carbons (Fsp3) is 0.297. The van der Waals surface area contributed by atoms with Crippen molar-refractivity contribution < 1.29 is 18.0 Å². The number of amides is 2. The van der Waals surface area contributed by atoms with Crippen molar-refractivity contribution in [3.8, 4) is 0 Å². The molecule has 0 bridgehead atoms. The number of nitrogens with zero attached hydrogens (tertiary/aromatic N) is 2. The fourth-order valence-electron chi connectivity index (χ4n) is 5.14. The van der Waals surface area contributed by atoms with Gasteiger partial charge in [0, 0.05) is 24.0 Å². The van der Waals surface area contributed by atoms with E-state index in [-0.39, 0.29) is 29.8 Å². The maximum absolute atomic E-state index is 14.6. The highest BCUT2D eigenvalue weighted by molar-refractivity contribution is 7.92. The topological polar surface area (TPSA) is 86.8 Å². The van der Waals surface area contributed by atoms with Gasteiger partial charge in [0.1, 0.15) is 12.6 Å². The molecule has 0 aliphatic carbocycles. The van der Waals surface area contributed by atoms with Crippen LogP contribution in [0.1, 0.15) is 48.1 Å². The molecule has 2 atom stereocenters. The standard InChI is InChI=1S/C37H42ClN3O4S/c1-6-28(4)39-37(43)35(23-30-12-8-7-9-13-30)40(24-31-17-19-32(38)20-18-31)36(42)25-41(34-14-10-11-27(3)29(34)5)46(44,45)33-21-15-26(2)16-22-33/h7-22,28,35H,6,23-25H2,1-5H3,(H,39,43)/t28-,35+/m1/s1. The summed E-state index contributed by atoms with van der Waals surface area (Å²) in [4.78, 5) is 30.2. The molecule has 4 aromatic rings. The number of nitrogens with one attached hydrogen (secondary N) is 1. The molecule has 0 fully saturated rings. The van der Waals surface area contributed by atoms with E-state index in [0.29, 0.717) is 17.1 Å². The van der Waals surface area contributed by atoms with Gasteiger partial charge in [0.15, 0.2) is 0 Å². The Hall–Kier alpha value is -4.14. The Morgan fingerprint density at radius 1 is 0.826 bits per heavy atom. The van der Waals surface area contributed by atoms with Gasteiger partial charge in [0.2, 0.25) is 11.8 Å². The summed E-state index contributed by atoms with van der Waals surface area (Å²) >= 11 is 6.17. The number of rotatable bonds is 13.